The minimum absolute atomic E-state index is 0.604. The van der Waals surface area contributed by atoms with E-state index in [0.717, 1.165) is 6.08 Å². The monoisotopic (exact) mass is 171 g/mol. The molecule has 0 aliphatic rings. The van der Waals surface area contributed by atoms with E-state index in [1.165, 1.54) is 0 Å². The average Bonchev–Trinajstić information content (AvgIpc) is 1.79. The van der Waals surface area contributed by atoms with E-state index in [2.05, 4.69) is 0 Å². The second-order valence-electron chi connectivity index (χ2n) is 3.19. The molecule has 0 aromatic heterocycles. The standard InChI is InChI=1S/C8H12O4/c1-8(2,3)12-7(11)5-4-6(9)10/h4-5H,1-3H3,(H,9,10)/p-1/b5-4-. The first kappa shape index (κ1) is 10.7. The molecule has 0 heterocycles. The zero-order chi connectivity index (χ0) is 9.78. The molecule has 4 heteroatoms. The second kappa shape index (κ2) is 3.90. The number of hydrogen-bond donors (Lipinski definition) is 0. The summed E-state index contributed by atoms with van der Waals surface area (Å²) in [6.45, 7) is 5.08. The van der Waals surface area contributed by atoms with Crippen LogP contribution >= 0.6 is 0 Å². The topological polar surface area (TPSA) is 66.4 Å². The van der Waals surface area contributed by atoms with Crippen molar-refractivity contribution >= 4 is 11.9 Å². The van der Waals surface area contributed by atoms with Crippen molar-refractivity contribution in [3.63, 3.8) is 0 Å². The molecule has 0 amide bonds. The van der Waals surface area contributed by atoms with Crippen LogP contribution in [0.15, 0.2) is 12.2 Å². The number of carboxylic acid groups (broad SMARTS) is 1. The van der Waals surface area contributed by atoms with Crippen molar-refractivity contribution in [2.24, 2.45) is 0 Å². The Morgan fingerprint density at radius 3 is 2.08 bits per heavy atom. The smallest absolute Gasteiger partial charge is 0.331 e. The van der Waals surface area contributed by atoms with Gasteiger partial charge in [-0.05, 0) is 26.8 Å². The van der Waals surface area contributed by atoms with Crippen LogP contribution < -0.4 is 5.11 Å². The molecule has 0 rings (SSSR count). The van der Waals surface area contributed by atoms with E-state index in [-0.39, 0.29) is 0 Å². The molecule has 0 unspecified atom stereocenters. The van der Waals surface area contributed by atoms with Gasteiger partial charge in [0.05, 0.1) is 5.97 Å². The number of carbonyl (C=O) groups excluding carboxylic acids is 2. The summed E-state index contributed by atoms with van der Waals surface area (Å²) in [7, 11) is 0. The molecule has 4 nitrogen and oxygen atoms in total. The fourth-order valence-electron chi connectivity index (χ4n) is 0.472. The molecule has 0 atom stereocenters. The van der Waals surface area contributed by atoms with Gasteiger partial charge in [0.25, 0.3) is 0 Å². The van der Waals surface area contributed by atoms with Crippen LogP contribution in [0.4, 0.5) is 0 Å². The van der Waals surface area contributed by atoms with Crippen molar-refractivity contribution < 1.29 is 19.4 Å². The minimum Gasteiger partial charge on any atom is -0.545 e. The Balaban J connectivity index is 3.99. The normalized spacial score (nSPS) is 11.6. The molecular weight excluding hydrogens is 160 g/mol. The number of hydrogen-bond acceptors (Lipinski definition) is 4. The van der Waals surface area contributed by atoms with Gasteiger partial charge in [0.1, 0.15) is 5.60 Å². The lowest BCUT2D eigenvalue weighted by molar-refractivity contribution is -0.297. The third-order valence-corrected chi connectivity index (χ3v) is 0.762. The van der Waals surface area contributed by atoms with Crippen molar-refractivity contribution in [2.45, 2.75) is 26.4 Å². The van der Waals surface area contributed by atoms with E-state index >= 15 is 0 Å². The van der Waals surface area contributed by atoms with Gasteiger partial charge in [0, 0.05) is 6.08 Å². The third kappa shape index (κ3) is 6.80. The quantitative estimate of drug-likeness (QED) is 0.420. The van der Waals surface area contributed by atoms with E-state index in [4.69, 9.17) is 4.74 Å². The zero-order valence-corrected chi connectivity index (χ0v) is 7.29. The maximum absolute atomic E-state index is 10.8. The van der Waals surface area contributed by atoms with Crippen LogP contribution in [0, 0.1) is 0 Å². The molecule has 0 radical (unpaired) electrons. The summed E-state index contributed by atoms with van der Waals surface area (Å²) in [5.41, 5.74) is -0.604. The summed E-state index contributed by atoms with van der Waals surface area (Å²) in [4.78, 5) is 20.6. The number of ether oxygens (including phenoxy) is 1. The van der Waals surface area contributed by atoms with Gasteiger partial charge in [-0.15, -0.1) is 0 Å². The summed E-state index contributed by atoms with van der Waals surface area (Å²) in [6, 6.07) is 0. The largest absolute Gasteiger partial charge is 0.545 e. The lowest BCUT2D eigenvalue weighted by Crippen LogP contribution is -2.24. The fourth-order valence-corrected chi connectivity index (χ4v) is 0.472. The maximum Gasteiger partial charge on any atom is 0.331 e. The van der Waals surface area contributed by atoms with E-state index in [9.17, 15) is 14.7 Å². The van der Waals surface area contributed by atoms with Crippen molar-refractivity contribution in [3.05, 3.63) is 12.2 Å². The van der Waals surface area contributed by atoms with Crippen LogP contribution in [0.2, 0.25) is 0 Å². The fraction of sp³-hybridized carbons (Fsp3) is 0.500. The van der Waals surface area contributed by atoms with Gasteiger partial charge in [-0.1, -0.05) is 0 Å². The number of carboxylic acids is 1. The summed E-state index contributed by atoms with van der Waals surface area (Å²) >= 11 is 0. The van der Waals surface area contributed by atoms with Crippen LogP contribution in [0.3, 0.4) is 0 Å². The summed E-state index contributed by atoms with van der Waals surface area (Å²) in [5.74, 6) is -2.10. The minimum atomic E-state index is -1.42. The molecule has 0 saturated heterocycles. The molecule has 0 bridgehead atoms. The molecule has 0 saturated carbocycles. The van der Waals surface area contributed by atoms with Crippen LogP contribution in [0.5, 0.6) is 0 Å². The predicted octanol–water partition coefficient (Wildman–Crippen LogP) is -0.366. The molecule has 0 aliphatic carbocycles. The molecule has 0 fully saturated rings. The highest BCUT2D eigenvalue weighted by Crippen LogP contribution is 2.06. The van der Waals surface area contributed by atoms with Crippen molar-refractivity contribution in [3.8, 4) is 0 Å². The highest BCUT2D eigenvalue weighted by atomic mass is 16.6. The number of esters is 1. The van der Waals surface area contributed by atoms with Crippen LogP contribution in [0.25, 0.3) is 0 Å². The van der Waals surface area contributed by atoms with Crippen molar-refractivity contribution in [1.82, 2.24) is 0 Å². The highest BCUT2D eigenvalue weighted by molar-refractivity contribution is 5.90. The van der Waals surface area contributed by atoms with E-state index < -0.39 is 17.5 Å². The van der Waals surface area contributed by atoms with Crippen LogP contribution in [-0.4, -0.2) is 17.5 Å². The number of rotatable bonds is 2. The SMILES string of the molecule is CC(C)(C)OC(=O)/C=C\C(=O)[O-]. The maximum atomic E-state index is 10.8. The number of aliphatic carboxylic acids is 1. The Morgan fingerprint density at radius 1 is 1.25 bits per heavy atom. The molecule has 68 valence electrons. The summed E-state index contributed by atoms with van der Waals surface area (Å²) in [6.07, 6.45) is 1.45. The van der Waals surface area contributed by atoms with Gasteiger partial charge in [0.15, 0.2) is 0 Å². The highest BCUT2D eigenvalue weighted by Gasteiger charge is 2.13. The molecule has 0 aliphatic heterocycles. The number of carbonyl (C=O) groups is 2. The first-order valence-electron chi connectivity index (χ1n) is 3.43. The predicted molar refractivity (Wildman–Crippen MR) is 40.0 cm³/mol. The Hall–Kier alpha value is -1.32. The first-order chi connectivity index (χ1) is 5.31. The zero-order valence-electron chi connectivity index (χ0n) is 7.29. The molecular formula is C8H11O4-. The molecule has 0 aromatic carbocycles. The Kier molecular flexibility index (Phi) is 3.47. The van der Waals surface area contributed by atoms with E-state index in [0.29, 0.717) is 6.08 Å². The lowest BCUT2D eigenvalue weighted by Gasteiger charge is -2.17. The van der Waals surface area contributed by atoms with Crippen LogP contribution in [0.1, 0.15) is 20.8 Å². The van der Waals surface area contributed by atoms with Crippen LogP contribution in [-0.2, 0) is 14.3 Å². The summed E-state index contributed by atoms with van der Waals surface area (Å²) < 4.78 is 4.77. The van der Waals surface area contributed by atoms with E-state index in [1.807, 2.05) is 0 Å². The average molecular weight is 171 g/mol. The third-order valence-electron chi connectivity index (χ3n) is 0.762. The molecule has 0 N–H and O–H groups in total. The molecule has 0 spiro atoms. The van der Waals surface area contributed by atoms with E-state index in [1.54, 1.807) is 20.8 Å². The Labute approximate surface area is 70.8 Å². The van der Waals surface area contributed by atoms with Gasteiger partial charge in [0.2, 0.25) is 0 Å². The van der Waals surface area contributed by atoms with Crippen molar-refractivity contribution in [2.75, 3.05) is 0 Å². The Morgan fingerprint density at radius 2 is 1.75 bits per heavy atom. The van der Waals surface area contributed by atoms with Gasteiger partial charge in [-0.2, -0.15) is 0 Å². The van der Waals surface area contributed by atoms with Gasteiger partial charge >= 0.3 is 5.97 Å². The Bertz CT molecular complexity index is 210. The summed E-state index contributed by atoms with van der Waals surface area (Å²) in [5, 5.41) is 9.86. The van der Waals surface area contributed by atoms with Gasteiger partial charge in [-0.3, -0.25) is 0 Å². The molecule has 0 aromatic rings. The lowest BCUT2D eigenvalue weighted by atomic mass is 10.2. The van der Waals surface area contributed by atoms with Gasteiger partial charge in [-0.25, -0.2) is 4.79 Å². The molecule has 12 heavy (non-hydrogen) atoms. The van der Waals surface area contributed by atoms with Crippen molar-refractivity contribution in [1.29, 1.82) is 0 Å². The first-order valence-corrected chi connectivity index (χ1v) is 3.43. The van der Waals surface area contributed by atoms with Gasteiger partial charge < -0.3 is 14.6 Å². The second-order valence-corrected chi connectivity index (χ2v) is 3.19.